The monoisotopic (exact) mass is 448 g/mol. The first-order valence-corrected chi connectivity index (χ1v) is 12.2. The highest BCUT2D eigenvalue weighted by molar-refractivity contribution is 5.98. The minimum atomic E-state index is -0.0391. The first-order chi connectivity index (χ1) is 15.8. The summed E-state index contributed by atoms with van der Waals surface area (Å²) in [7, 11) is 0. The van der Waals surface area contributed by atoms with Crippen LogP contribution in [0.2, 0.25) is 0 Å². The summed E-state index contributed by atoms with van der Waals surface area (Å²) in [4.78, 5) is 29.2. The van der Waals surface area contributed by atoms with E-state index in [4.69, 9.17) is 4.74 Å². The summed E-state index contributed by atoms with van der Waals surface area (Å²) in [6.45, 7) is 8.75. The van der Waals surface area contributed by atoms with Crippen LogP contribution < -0.4 is 9.64 Å². The zero-order chi connectivity index (χ0) is 23.4. The van der Waals surface area contributed by atoms with Crippen molar-refractivity contribution in [3.63, 3.8) is 0 Å². The highest BCUT2D eigenvalue weighted by atomic mass is 16.5. The Morgan fingerprint density at radius 3 is 2.48 bits per heavy atom. The first-order valence-electron chi connectivity index (χ1n) is 12.2. The van der Waals surface area contributed by atoms with E-state index in [2.05, 4.69) is 63.2 Å². The number of benzene rings is 2. The number of amides is 2. The molecule has 0 aliphatic carbocycles. The molecule has 0 N–H and O–H groups in total. The van der Waals surface area contributed by atoms with E-state index >= 15 is 0 Å². The SMILES string of the molecule is CC(C)(C)c1ccc2c(c1)N(CCCC(=O)N1CCC(Cc3ccccc3)CC1)C(=O)CO2. The first kappa shape index (κ1) is 23.3. The fraction of sp³-hybridized carbons (Fsp3) is 0.500. The smallest absolute Gasteiger partial charge is 0.265 e. The van der Waals surface area contributed by atoms with Gasteiger partial charge in [0.05, 0.1) is 5.69 Å². The van der Waals surface area contributed by atoms with Gasteiger partial charge in [-0.05, 0) is 60.3 Å². The number of piperidine rings is 1. The molecule has 0 atom stereocenters. The lowest BCUT2D eigenvalue weighted by Gasteiger charge is -2.33. The van der Waals surface area contributed by atoms with Crippen LogP contribution in [0, 0.1) is 5.92 Å². The van der Waals surface area contributed by atoms with E-state index in [9.17, 15) is 9.59 Å². The number of carbonyl (C=O) groups excluding carboxylic acids is 2. The van der Waals surface area contributed by atoms with Crippen LogP contribution in [-0.2, 0) is 21.4 Å². The Hall–Kier alpha value is -2.82. The highest BCUT2D eigenvalue weighted by Crippen LogP contribution is 2.36. The van der Waals surface area contributed by atoms with Crippen molar-refractivity contribution in [3.05, 3.63) is 59.7 Å². The summed E-state index contributed by atoms with van der Waals surface area (Å²) in [6.07, 6.45) is 4.35. The summed E-state index contributed by atoms with van der Waals surface area (Å²) < 4.78 is 5.64. The topological polar surface area (TPSA) is 49.9 Å². The average Bonchev–Trinajstić information content (AvgIpc) is 2.80. The molecule has 0 spiro atoms. The molecule has 1 saturated heterocycles. The van der Waals surface area contributed by atoms with Crippen molar-refractivity contribution in [2.24, 2.45) is 5.92 Å². The number of fused-ring (bicyclic) bond motifs is 1. The zero-order valence-electron chi connectivity index (χ0n) is 20.2. The maximum Gasteiger partial charge on any atom is 0.265 e. The maximum absolute atomic E-state index is 12.8. The molecule has 2 aliphatic heterocycles. The standard InChI is InChI=1S/C28H36N2O3/c1-28(2,3)23-11-12-25-24(19-23)30(27(32)20-33-25)15-7-10-26(31)29-16-13-22(14-17-29)18-21-8-5-4-6-9-21/h4-6,8-9,11-12,19,22H,7,10,13-18,20H2,1-3H3. The van der Waals surface area contributed by atoms with Crippen molar-refractivity contribution < 1.29 is 14.3 Å². The number of ether oxygens (including phenoxy) is 1. The molecule has 2 aliphatic rings. The van der Waals surface area contributed by atoms with Gasteiger partial charge >= 0.3 is 0 Å². The van der Waals surface area contributed by atoms with Gasteiger partial charge in [-0.25, -0.2) is 0 Å². The van der Waals surface area contributed by atoms with E-state index in [1.54, 1.807) is 4.90 Å². The predicted octanol–water partition coefficient (Wildman–Crippen LogP) is 4.97. The van der Waals surface area contributed by atoms with Crippen molar-refractivity contribution in [3.8, 4) is 5.75 Å². The van der Waals surface area contributed by atoms with Crippen molar-refractivity contribution in [2.45, 2.75) is 58.3 Å². The number of likely N-dealkylation sites (tertiary alicyclic amines) is 1. The van der Waals surface area contributed by atoms with E-state index in [0.29, 0.717) is 25.3 Å². The largest absolute Gasteiger partial charge is 0.482 e. The number of anilines is 1. The van der Waals surface area contributed by atoms with Gasteiger partial charge in [0.2, 0.25) is 5.91 Å². The number of carbonyl (C=O) groups is 2. The van der Waals surface area contributed by atoms with E-state index in [1.165, 1.54) is 11.1 Å². The van der Waals surface area contributed by atoms with Crippen LogP contribution in [0.1, 0.15) is 57.6 Å². The van der Waals surface area contributed by atoms with E-state index in [1.807, 2.05) is 11.0 Å². The molecule has 0 aromatic heterocycles. The van der Waals surface area contributed by atoms with E-state index in [-0.39, 0.29) is 23.8 Å². The van der Waals surface area contributed by atoms with Gasteiger partial charge in [-0.15, -0.1) is 0 Å². The molecule has 2 amide bonds. The second-order valence-electron chi connectivity index (χ2n) is 10.4. The van der Waals surface area contributed by atoms with Crippen LogP contribution in [-0.4, -0.2) is 43.0 Å². The second-order valence-corrected chi connectivity index (χ2v) is 10.4. The quantitative estimate of drug-likeness (QED) is 0.627. The van der Waals surface area contributed by atoms with Crippen LogP contribution in [0.3, 0.4) is 0 Å². The van der Waals surface area contributed by atoms with Crippen LogP contribution >= 0.6 is 0 Å². The fourth-order valence-electron chi connectivity index (χ4n) is 4.79. The van der Waals surface area contributed by atoms with Gasteiger partial charge in [-0.3, -0.25) is 9.59 Å². The minimum Gasteiger partial charge on any atom is -0.482 e. The summed E-state index contributed by atoms with van der Waals surface area (Å²) in [5.74, 6) is 1.56. The van der Waals surface area contributed by atoms with Crippen LogP contribution in [0.4, 0.5) is 5.69 Å². The number of rotatable bonds is 6. The molecule has 0 bridgehead atoms. The van der Waals surface area contributed by atoms with Gasteiger partial charge in [0.1, 0.15) is 5.75 Å². The minimum absolute atomic E-state index is 0.0101. The van der Waals surface area contributed by atoms with Gasteiger partial charge in [0.15, 0.2) is 6.61 Å². The summed E-state index contributed by atoms with van der Waals surface area (Å²) in [5, 5.41) is 0. The molecular formula is C28H36N2O3. The Balaban J connectivity index is 1.28. The third-order valence-corrected chi connectivity index (χ3v) is 6.87. The van der Waals surface area contributed by atoms with Gasteiger partial charge in [-0.2, -0.15) is 0 Å². The fourth-order valence-corrected chi connectivity index (χ4v) is 4.79. The zero-order valence-corrected chi connectivity index (χ0v) is 20.2. The Kier molecular flexibility index (Phi) is 7.06. The normalized spacial score (nSPS) is 17.0. The van der Waals surface area contributed by atoms with Crippen LogP contribution in [0.25, 0.3) is 0 Å². The molecule has 4 rings (SSSR count). The van der Waals surface area contributed by atoms with Gasteiger partial charge in [0.25, 0.3) is 5.91 Å². The summed E-state index contributed by atoms with van der Waals surface area (Å²) >= 11 is 0. The maximum atomic E-state index is 12.8. The van der Waals surface area contributed by atoms with Crippen LogP contribution in [0.5, 0.6) is 5.75 Å². The molecule has 0 radical (unpaired) electrons. The van der Waals surface area contributed by atoms with Gasteiger partial charge in [-0.1, -0.05) is 57.2 Å². The molecule has 0 unspecified atom stereocenters. The second kappa shape index (κ2) is 9.98. The molecule has 0 saturated carbocycles. The highest BCUT2D eigenvalue weighted by Gasteiger charge is 2.28. The summed E-state index contributed by atoms with van der Waals surface area (Å²) in [6, 6.07) is 16.7. The molecule has 5 nitrogen and oxygen atoms in total. The lowest BCUT2D eigenvalue weighted by Crippen LogP contribution is -2.41. The molecule has 2 aromatic carbocycles. The molecule has 2 aromatic rings. The van der Waals surface area contributed by atoms with E-state index in [0.717, 1.165) is 43.8 Å². The van der Waals surface area contributed by atoms with Crippen molar-refractivity contribution in [1.29, 1.82) is 0 Å². The third kappa shape index (κ3) is 5.76. The molecule has 5 heteroatoms. The van der Waals surface area contributed by atoms with Crippen LogP contribution in [0.15, 0.2) is 48.5 Å². The van der Waals surface area contributed by atoms with Crippen molar-refractivity contribution in [1.82, 2.24) is 4.90 Å². The molecule has 33 heavy (non-hydrogen) atoms. The lowest BCUT2D eigenvalue weighted by atomic mass is 9.86. The Morgan fingerprint density at radius 2 is 1.79 bits per heavy atom. The Bertz CT molecular complexity index is 972. The van der Waals surface area contributed by atoms with Crippen molar-refractivity contribution in [2.75, 3.05) is 31.1 Å². The predicted molar refractivity (Wildman–Crippen MR) is 132 cm³/mol. The van der Waals surface area contributed by atoms with Gasteiger partial charge < -0.3 is 14.5 Å². The molecular weight excluding hydrogens is 412 g/mol. The molecule has 176 valence electrons. The third-order valence-electron chi connectivity index (χ3n) is 6.87. The Labute approximate surface area is 197 Å². The van der Waals surface area contributed by atoms with Gasteiger partial charge in [0, 0.05) is 26.1 Å². The summed E-state index contributed by atoms with van der Waals surface area (Å²) in [5.41, 5.74) is 3.36. The lowest BCUT2D eigenvalue weighted by molar-refractivity contribution is -0.132. The number of nitrogens with zero attached hydrogens (tertiary/aromatic N) is 2. The molecule has 1 fully saturated rings. The van der Waals surface area contributed by atoms with E-state index < -0.39 is 0 Å². The van der Waals surface area contributed by atoms with Crippen molar-refractivity contribution >= 4 is 17.5 Å². The number of hydrogen-bond acceptors (Lipinski definition) is 3. The Morgan fingerprint density at radius 1 is 1.06 bits per heavy atom. The molecule has 2 heterocycles. The number of hydrogen-bond donors (Lipinski definition) is 0. The average molecular weight is 449 g/mol.